The van der Waals surface area contributed by atoms with Gasteiger partial charge in [-0.05, 0) is 44.0 Å². The summed E-state index contributed by atoms with van der Waals surface area (Å²) in [6.07, 6.45) is 10.9. The van der Waals surface area contributed by atoms with Crippen LogP contribution in [0.1, 0.15) is 33.6 Å². The summed E-state index contributed by atoms with van der Waals surface area (Å²) >= 11 is 7.53. The van der Waals surface area contributed by atoms with Crippen molar-refractivity contribution in [1.82, 2.24) is 40.0 Å². The highest BCUT2D eigenvalue weighted by Gasteiger charge is 2.47. The number of fused-ring (bicyclic) bond motifs is 1. The first-order valence-electron chi connectivity index (χ1n) is 20.2. The van der Waals surface area contributed by atoms with Crippen LogP contribution in [0.5, 0.6) is 11.5 Å². The summed E-state index contributed by atoms with van der Waals surface area (Å²) in [6.45, 7) is 10.4. The van der Waals surface area contributed by atoms with Crippen LogP contribution in [0.15, 0.2) is 83.4 Å². The molecule has 0 radical (unpaired) electrons. The van der Waals surface area contributed by atoms with Gasteiger partial charge in [-0.1, -0.05) is 37.2 Å². The molecule has 2 fully saturated rings. The van der Waals surface area contributed by atoms with Gasteiger partial charge in [-0.15, -0.1) is 0 Å². The van der Waals surface area contributed by atoms with Crippen molar-refractivity contribution in [1.29, 1.82) is 0 Å². The van der Waals surface area contributed by atoms with E-state index >= 15 is 0 Å². The summed E-state index contributed by atoms with van der Waals surface area (Å²) in [5, 5.41) is 8.73. The van der Waals surface area contributed by atoms with Gasteiger partial charge in [0.1, 0.15) is 28.2 Å². The van der Waals surface area contributed by atoms with Gasteiger partial charge in [0.05, 0.1) is 67.3 Å². The molecule has 0 amide bonds. The zero-order valence-corrected chi connectivity index (χ0v) is 37.0. The van der Waals surface area contributed by atoms with Crippen molar-refractivity contribution in [3.63, 3.8) is 0 Å². The number of nitrogens with two attached hydrogens (primary N) is 3. The van der Waals surface area contributed by atoms with Gasteiger partial charge in [0.25, 0.3) is 0 Å². The fourth-order valence-corrected chi connectivity index (χ4v) is 8.59. The zero-order valence-electron chi connectivity index (χ0n) is 35.4. The molecule has 16 nitrogen and oxygen atoms in total. The first-order chi connectivity index (χ1) is 29.4. The van der Waals surface area contributed by atoms with Crippen molar-refractivity contribution in [2.24, 2.45) is 18.2 Å². The number of aryl methyl sites for hydroxylation is 1. The van der Waals surface area contributed by atoms with Gasteiger partial charge >= 0.3 is 0 Å². The Hall–Kier alpha value is -5.46. The van der Waals surface area contributed by atoms with Gasteiger partial charge in [0.15, 0.2) is 5.82 Å². The van der Waals surface area contributed by atoms with Gasteiger partial charge in [-0.25, -0.2) is 19.9 Å². The molecular weight excluding hydrogens is 814 g/mol. The molecule has 8 rings (SSSR count). The smallest absolute Gasteiger partial charge is 0.158 e. The summed E-state index contributed by atoms with van der Waals surface area (Å²) in [5.74, 6) is 2.90. The molecule has 2 aromatic carbocycles. The Morgan fingerprint density at radius 2 is 1.70 bits per heavy atom. The van der Waals surface area contributed by atoms with E-state index in [-0.39, 0.29) is 23.4 Å². The number of benzene rings is 2. The molecule has 322 valence electrons. The average Bonchev–Trinajstić information content (AvgIpc) is 3.82. The number of methoxy groups -OCH3 is 2. The first kappa shape index (κ1) is 43.6. The molecule has 7 N–H and O–H groups in total. The lowest BCUT2D eigenvalue weighted by molar-refractivity contribution is 0.0974. The normalized spacial score (nSPS) is 17.1. The largest absolute Gasteiger partial charge is 0.497 e. The predicted molar refractivity (Wildman–Crippen MR) is 243 cm³/mol. The molecular formula is C43H54ClN13O3S. The van der Waals surface area contributed by atoms with E-state index in [0.717, 1.165) is 102 Å². The number of hydrogen-bond donors (Lipinski definition) is 4. The van der Waals surface area contributed by atoms with E-state index in [1.54, 1.807) is 49.8 Å². The monoisotopic (exact) mass is 867 g/mol. The zero-order chi connectivity index (χ0) is 43.3. The lowest BCUT2D eigenvalue weighted by atomic mass is 9.73. The molecule has 2 aliphatic heterocycles. The van der Waals surface area contributed by atoms with E-state index in [1.807, 2.05) is 37.5 Å². The summed E-state index contributed by atoms with van der Waals surface area (Å²) in [6, 6.07) is 14.3. The maximum Gasteiger partial charge on any atom is 0.158 e. The number of nitrogen functional groups attached to an aromatic ring is 2. The number of halogens is 1. The SMILES string of the molecule is CC1OCC2(CCN(c3cnc(Sc4ccnc(N)c4Cl)c(N)n3)CC2)C1N.COc1cc(OC)cc(N(CCNC(C)C)c2ccc3ncc(-c4cnn(C)c4)nc3c2)c1. The second-order valence-electron chi connectivity index (χ2n) is 15.6. The fourth-order valence-electron chi connectivity index (χ4n) is 7.57. The van der Waals surface area contributed by atoms with Crippen LogP contribution in [0.25, 0.3) is 22.3 Å². The molecule has 2 saturated heterocycles. The van der Waals surface area contributed by atoms with Crippen LogP contribution >= 0.6 is 23.4 Å². The Morgan fingerprint density at radius 3 is 2.34 bits per heavy atom. The van der Waals surface area contributed by atoms with Crippen LogP contribution in [0.3, 0.4) is 0 Å². The van der Waals surface area contributed by atoms with Crippen molar-refractivity contribution in [3.05, 3.63) is 78.5 Å². The maximum absolute atomic E-state index is 6.39. The summed E-state index contributed by atoms with van der Waals surface area (Å²) in [4.78, 5) is 27.7. The second-order valence-corrected chi connectivity index (χ2v) is 17.0. The van der Waals surface area contributed by atoms with Crippen molar-refractivity contribution in [2.45, 2.75) is 61.7 Å². The number of nitrogens with zero attached hydrogens (tertiary/aromatic N) is 9. The Bertz CT molecular complexity index is 2420. The third kappa shape index (κ3) is 10.0. The number of rotatable bonds is 12. The molecule has 2 atom stereocenters. The predicted octanol–water partition coefficient (Wildman–Crippen LogP) is 6.36. The van der Waals surface area contributed by atoms with Crippen molar-refractivity contribution >= 4 is 63.2 Å². The Morgan fingerprint density at radius 1 is 0.951 bits per heavy atom. The highest BCUT2D eigenvalue weighted by atomic mass is 35.5. The minimum Gasteiger partial charge on any atom is -0.497 e. The number of anilines is 5. The van der Waals surface area contributed by atoms with E-state index in [2.05, 4.69) is 73.1 Å². The maximum atomic E-state index is 6.39. The van der Waals surface area contributed by atoms with Gasteiger partial charge in [-0.2, -0.15) is 5.10 Å². The van der Waals surface area contributed by atoms with Crippen LogP contribution in [0.2, 0.25) is 5.02 Å². The molecule has 18 heteroatoms. The number of piperidine rings is 1. The standard InChI is InChI=1S/C25H30N6O2.C18H24ClN7OS/c1-17(2)26-8-9-31(20-10-21(32-4)13-22(11-20)33-5)19-6-7-23-24(12-19)29-25(15-27-23)18-14-28-30(3)16-18;1-10-14(20)18(9-27-10)3-6-26(7-4-18)12-8-24-17(16(22)25-12)28-11-2-5-23-15(21)13(11)19/h6-7,10-17,26H,8-9H2,1-5H3;2,5,8,10,14H,3-4,6-7,9,20H2,1H3,(H2,21,23)(H2,22,25). The molecule has 2 unspecified atom stereocenters. The molecule has 61 heavy (non-hydrogen) atoms. The number of ether oxygens (including phenoxy) is 3. The molecule has 0 bridgehead atoms. The topological polar surface area (TPSA) is 207 Å². The number of pyridine rings is 1. The summed E-state index contributed by atoms with van der Waals surface area (Å²) in [5.41, 5.74) is 23.8. The number of nitrogens with one attached hydrogen (secondary N) is 1. The van der Waals surface area contributed by atoms with Crippen LogP contribution in [0, 0.1) is 5.41 Å². The third-order valence-corrected chi connectivity index (χ3v) is 12.7. The van der Waals surface area contributed by atoms with Gasteiger partial charge in [0, 0.05) is 103 Å². The van der Waals surface area contributed by atoms with Crippen molar-refractivity contribution in [3.8, 4) is 22.8 Å². The average molecular weight is 869 g/mol. The Kier molecular flexibility index (Phi) is 13.6. The number of hydrogen-bond acceptors (Lipinski definition) is 16. The minimum atomic E-state index is 0.0721. The fraction of sp³-hybridized carbons (Fsp3) is 0.395. The molecule has 1 spiro atoms. The van der Waals surface area contributed by atoms with E-state index in [1.165, 1.54) is 11.8 Å². The van der Waals surface area contributed by atoms with E-state index < -0.39 is 0 Å². The summed E-state index contributed by atoms with van der Waals surface area (Å²) in [7, 11) is 5.21. The highest BCUT2D eigenvalue weighted by molar-refractivity contribution is 7.99. The van der Waals surface area contributed by atoms with E-state index in [9.17, 15) is 0 Å². The highest BCUT2D eigenvalue weighted by Crippen LogP contribution is 2.42. The number of aromatic nitrogens is 7. The third-order valence-electron chi connectivity index (χ3n) is 11.1. The van der Waals surface area contributed by atoms with Gasteiger partial charge in [-0.3, -0.25) is 9.67 Å². The minimum absolute atomic E-state index is 0.0721. The Labute approximate surface area is 365 Å². The lowest BCUT2D eigenvalue weighted by Gasteiger charge is -2.41. The van der Waals surface area contributed by atoms with Crippen LogP contribution in [0.4, 0.5) is 28.8 Å². The quantitative estimate of drug-likeness (QED) is 0.106. The molecule has 0 saturated carbocycles. The molecule has 2 aliphatic rings. The van der Waals surface area contributed by atoms with Crippen molar-refractivity contribution < 1.29 is 14.2 Å². The second kappa shape index (κ2) is 19.1. The van der Waals surface area contributed by atoms with E-state index in [4.69, 9.17) is 48.0 Å². The van der Waals surface area contributed by atoms with Crippen LogP contribution < -0.4 is 41.8 Å². The first-order valence-corrected chi connectivity index (χ1v) is 21.4. The van der Waals surface area contributed by atoms with Gasteiger partial charge < -0.3 is 46.5 Å². The molecule has 0 aliphatic carbocycles. The van der Waals surface area contributed by atoms with Crippen LogP contribution in [-0.4, -0.2) is 99.9 Å². The Balaban J connectivity index is 0.000000186. The molecule has 6 aromatic rings. The van der Waals surface area contributed by atoms with Gasteiger partial charge in [0.2, 0.25) is 0 Å². The van der Waals surface area contributed by atoms with Crippen LogP contribution in [-0.2, 0) is 11.8 Å². The van der Waals surface area contributed by atoms with E-state index in [0.29, 0.717) is 21.9 Å². The van der Waals surface area contributed by atoms with Crippen molar-refractivity contribution in [2.75, 3.05) is 68.3 Å². The lowest BCUT2D eigenvalue weighted by Crippen LogP contribution is -2.50. The molecule has 4 aromatic heterocycles. The summed E-state index contributed by atoms with van der Waals surface area (Å²) < 4.78 is 18.6. The molecule has 6 heterocycles.